The standard InChI is InChI=1S/C18H13ClF6O3/c19-12-5-6-14(20)13(8-12)11-3-1-10(2-4-11)7-15(26)16(27)28-9-17(21,22)18(23,24)25/h1-6,8,15,26H,7,9H2. The van der Waals surface area contributed by atoms with Crippen LogP contribution in [0.2, 0.25) is 5.02 Å². The Kier molecular flexibility index (Phi) is 6.61. The molecular formula is C18H13ClF6O3. The highest BCUT2D eigenvalue weighted by Crippen LogP contribution is 2.35. The molecule has 0 aromatic heterocycles. The Morgan fingerprint density at radius 2 is 1.68 bits per heavy atom. The lowest BCUT2D eigenvalue weighted by Crippen LogP contribution is -2.42. The highest BCUT2D eigenvalue weighted by atomic mass is 35.5. The maximum absolute atomic E-state index is 13.8. The second-order valence-electron chi connectivity index (χ2n) is 5.85. The van der Waals surface area contributed by atoms with Crippen LogP contribution in [0.25, 0.3) is 11.1 Å². The fourth-order valence-corrected chi connectivity index (χ4v) is 2.36. The number of aliphatic hydroxyl groups excluding tert-OH is 1. The van der Waals surface area contributed by atoms with E-state index in [-0.39, 0.29) is 5.56 Å². The van der Waals surface area contributed by atoms with Crippen molar-refractivity contribution in [1.82, 2.24) is 0 Å². The second kappa shape index (κ2) is 8.40. The number of carbonyl (C=O) groups excluding carboxylic acids is 1. The summed E-state index contributed by atoms with van der Waals surface area (Å²) in [5, 5.41) is 9.97. The minimum Gasteiger partial charge on any atom is -0.457 e. The van der Waals surface area contributed by atoms with Crippen LogP contribution in [-0.4, -0.2) is 35.9 Å². The summed E-state index contributed by atoms with van der Waals surface area (Å²) >= 11 is 5.82. The summed E-state index contributed by atoms with van der Waals surface area (Å²) in [5.41, 5.74) is 1.01. The highest BCUT2D eigenvalue weighted by molar-refractivity contribution is 6.30. The van der Waals surface area contributed by atoms with E-state index in [1.807, 2.05) is 0 Å². The molecule has 0 fully saturated rings. The van der Waals surface area contributed by atoms with Crippen LogP contribution in [0, 0.1) is 5.82 Å². The Bertz CT molecular complexity index is 836. The Morgan fingerprint density at radius 1 is 1.07 bits per heavy atom. The van der Waals surface area contributed by atoms with Gasteiger partial charge in [0.2, 0.25) is 0 Å². The zero-order chi connectivity index (χ0) is 21.1. The van der Waals surface area contributed by atoms with Gasteiger partial charge in [0.1, 0.15) is 5.82 Å². The van der Waals surface area contributed by atoms with Gasteiger partial charge in [-0.15, -0.1) is 0 Å². The van der Waals surface area contributed by atoms with Crippen LogP contribution in [0.1, 0.15) is 5.56 Å². The summed E-state index contributed by atoms with van der Waals surface area (Å²) in [5.74, 6) is -7.36. The lowest BCUT2D eigenvalue weighted by atomic mass is 10.0. The van der Waals surface area contributed by atoms with E-state index in [0.29, 0.717) is 16.1 Å². The molecule has 2 rings (SSSR count). The molecule has 3 nitrogen and oxygen atoms in total. The van der Waals surface area contributed by atoms with Gasteiger partial charge < -0.3 is 9.84 Å². The first-order valence-electron chi connectivity index (χ1n) is 7.74. The summed E-state index contributed by atoms with van der Waals surface area (Å²) in [4.78, 5) is 11.5. The molecule has 0 saturated carbocycles. The van der Waals surface area contributed by atoms with Gasteiger partial charge in [-0.3, -0.25) is 0 Å². The molecule has 0 amide bonds. The SMILES string of the molecule is O=C(OCC(F)(F)C(F)(F)F)C(O)Cc1ccc(-c2cc(Cl)ccc2F)cc1. The number of rotatable bonds is 6. The van der Waals surface area contributed by atoms with E-state index in [2.05, 4.69) is 4.74 Å². The van der Waals surface area contributed by atoms with Gasteiger partial charge >= 0.3 is 18.1 Å². The molecule has 2 aromatic rings. The number of carbonyl (C=O) groups is 1. The molecule has 152 valence electrons. The van der Waals surface area contributed by atoms with E-state index in [1.165, 1.54) is 42.5 Å². The monoisotopic (exact) mass is 426 g/mol. The number of benzene rings is 2. The Morgan fingerprint density at radius 3 is 2.25 bits per heavy atom. The first kappa shape index (κ1) is 22.0. The summed E-state index contributed by atoms with van der Waals surface area (Å²) in [6.45, 7) is -2.22. The average molecular weight is 427 g/mol. The van der Waals surface area contributed by atoms with Gasteiger partial charge in [-0.25, -0.2) is 9.18 Å². The lowest BCUT2D eigenvalue weighted by molar-refractivity contribution is -0.294. The van der Waals surface area contributed by atoms with E-state index < -0.39 is 43.0 Å². The van der Waals surface area contributed by atoms with Crippen LogP contribution in [0.4, 0.5) is 26.3 Å². The van der Waals surface area contributed by atoms with E-state index >= 15 is 0 Å². The largest absolute Gasteiger partial charge is 0.457 e. The van der Waals surface area contributed by atoms with Crippen molar-refractivity contribution in [3.05, 3.63) is 58.9 Å². The predicted molar refractivity (Wildman–Crippen MR) is 88.5 cm³/mol. The third-order valence-electron chi connectivity index (χ3n) is 3.70. The Labute approximate surface area is 160 Å². The number of hydrogen-bond acceptors (Lipinski definition) is 3. The molecule has 0 aliphatic heterocycles. The Hall–Kier alpha value is -2.26. The van der Waals surface area contributed by atoms with Crippen molar-refractivity contribution in [3.8, 4) is 11.1 Å². The van der Waals surface area contributed by atoms with Crippen LogP contribution in [0.3, 0.4) is 0 Å². The second-order valence-corrected chi connectivity index (χ2v) is 6.29. The van der Waals surface area contributed by atoms with Crippen LogP contribution >= 0.6 is 11.6 Å². The number of alkyl halides is 5. The summed E-state index contributed by atoms with van der Waals surface area (Å²) in [7, 11) is 0. The van der Waals surface area contributed by atoms with Crippen molar-refractivity contribution >= 4 is 17.6 Å². The molecule has 28 heavy (non-hydrogen) atoms. The van der Waals surface area contributed by atoms with Gasteiger partial charge in [0.05, 0.1) is 0 Å². The van der Waals surface area contributed by atoms with Crippen LogP contribution in [0.5, 0.6) is 0 Å². The predicted octanol–water partition coefficient (Wildman–Crippen LogP) is 4.79. The molecule has 0 saturated heterocycles. The van der Waals surface area contributed by atoms with Crippen molar-refractivity contribution in [3.63, 3.8) is 0 Å². The Balaban J connectivity index is 2.00. The fraction of sp³-hybridized carbons (Fsp3) is 0.278. The number of halogens is 7. The third-order valence-corrected chi connectivity index (χ3v) is 3.94. The molecule has 0 radical (unpaired) electrons. The molecule has 1 N–H and O–H groups in total. The van der Waals surface area contributed by atoms with E-state index in [9.17, 15) is 36.2 Å². The number of hydrogen-bond donors (Lipinski definition) is 1. The first-order chi connectivity index (χ1) is 12.9. The van der Waals surface area contributed by atoms with E-state index in [1.54, 1.807) is 0 Å². The summed E-state index contributed by atoms with van der Waals surface area (Å²) < 4.78 is 79.2. The quantitative estimate of drug-likeness (QED) is 0.533. The number of aliphatic hydroxyl groups is 1. The number of ether oxygens (including phenoxy) is 1. The van der Waals surface area contributed by atoms with Gasteiger partial charge in [-0.05, 0) is 29.3 Å². The molecule has 2 aromatic carbocycles. The molecule has 0 aliphatic carbocycles. The fourth-order valence-electron chi connectivity index (χ4n) is 2.19. The van der Waals surface area contributed by atoms with Gasteiger partial charge in [0, 0.05) is 17.0 Å². The van der Waals surface area contributed by atoms with Crippen LogP contribution < -0.4 is 0 Å². The maximum atomic E-state index is 13.8. The van der Waals surface area contributed by atoms with Crippen molar-refractivity contribution in [2.45, 2.75) is 24.6 Å². The summed E-state index contributed by atoms with van der Waals surface area (Å²) in [6, 6.07) is 9.76. The summed E-state index contributed by atoms with van der Waals surface area (Å²) in [6.07, 6.45) is -8.21. The molecule has 10 heteroatoms. The van der Waals surface area contributed by atoms with E-state index in [4.69, 9.17) is 11.6 Å². The molecule has 0 spiro atoms. The van der Waals surface area contributed by atoms with Crippen LogP contribution in [0.15, 0.2) is 42.5 Å². The maximum Gasteiger partial charge on any atom is 0.456 e. The molecule has 0 heterocycles. The minimum absolute atomic E-state index is 0.216. The topological polar surface area (TPSA) is 46.5 Å². The van der Waals surface area contributed by atoms with E-state index in [0.717, 1.165) is 0 Å². The zero-order valence-electron chi connectivity index (χ0n) is 13.9. The normalized spacial score (nSPS) is 13.3. The molecular weight excluding hydrogens is 414 g/mol. The third kappa shape index (κ3) is 5.39. The lowest BCUT2D eigenvalue weighted by Gasteiger charge is -2.20. The molecule has 0 bridgehead atoms. The van der Waals surface area contributed by atoms with Gasteiger partial charge in [0.25, 0.3) is 0 Å². The molecule has 1 atom stereocenters. The van der Waals surface area contributed by atoms with Gasteiger partial charge in [-0.2, -0.15) is 22.0 Å². The average Bonchev–Trinajstić information content (AvgIpc) is 2.61. The van der Waals surface area contributed by atoms with Crippen molar-refractivity contribution in [2.75, 3.05) is 6.61 Å². The smallest absolute Gasteiger partial charge is 0.456 e. The molecule has 0 aliphatic rings. The van der Waals surface area contributed by atoms with Crippen LogP contribution in [-0.2, 0) is 16.0 Å². The van der Waals surface area contributed by atoms with Gasteiger partial charge in [0.15, 0.2) is 12.7 Å². The minimum atomic E-state index is -5.87. The van der Waals surface area contributed by atoms with Crippen molar-refractivity contribution < 1.29 is 41.0 Å². The van der Waals surface area contributed by atoms with Gasteiger partial charge in [-0.1, -0.05) is 35.9 Å². The molecule has 1 unspecified atom stereocenters. The van der Waals surface area contributed by atoms with Crippen molar-refractivity contribution in [2.24, 2.45) is 0 Å². The first-order valence-corrected chi connectivity index (χ1v) is 8.12. The highest BCUT2D eigenvalue weighted by Gasteiger charge is 2.58. The van der Waals surface area contributed by atoms with Crippen molar-refractivity contribution in [1.29, 1.82) is 0 Å². The number of esters is 1. The zero-order valence-corrected chi connectivity index (χ0v) is 14.7.